The van der Waals surface area contributed by atoms with Gasteiger partial charge < -0.3 is 17.8 Å². The highest BCUT2D eigenvalue weighted by molar-refractivity contribution is 6.15. The summed E-state index contributed by atoms with van der Waals surface area (Å²) in [4.78, 5) is 15.5. The lowest BCUT2D eigenvalue weighted by molar-refractivity contribution is 0.668. The van der Waals surface area contributed by atoms with Crippen molar-refractivity contribution in [3.63, 3.8) is 0 Å². The van der Waals surface area contributed by atoms with Crippen molar-refractivity contribution in [2.45, 2.75) is 0 Å². The number of fused-ring (bicyclic) bond motifs is 12. The van der Waals surface area contributed by atoms with Gasteiger partial charge >= 0.3 is 0 Å². The van der Waals surface area contributed by atoms with Gasteiger partial charge in [0.1, 0.15) is 33.5 Å². The van der Waals surface area contributed by atoms with Crippen molar-refractivity contribution >= 4 is 87.6 Å². The summed E-state index contributed by atoms with van der Waals surface area (Å²) >= 11 is 0. The van der Waals surface area contributed by atoms with E-state index < -0.39 is 0 Å². The molecule has 0 aliphatic carbocycles. The first-order valence-corrected chi connectivity index (χ1v) is 23.4. The maximum absolute atomic E-state index is 6.58. The van der Waals surface area contributed by atoms with Crippen molar-refractivity contribution < 1.29 is 13.3 Å². The molecule has 0 atom stereocenters. The van der Waals surface area contributed by atoms with Gasteiger partial charge in [0.2, 0.25) is 0 Å². The molecule has 0 spiro atoms. The average Bonchev–Trinajstić information content (AvgIpc) is 4.20. The fraction of sp³-hybridized carbons (Fsp3) is 0. The fourth-order valence-corrected chi connectivity index (χ4v) is 10.6. The fourth-order valence-electron chi connectivity index (χ4n) is 10.6. The van der Waals surface area contributed by atoms with Crippen LogP contribution in [0.25, 0.3) is 150 Å². The number of furan rings is 3. The average molecular weight is 897 g/mol. The summed E-state index contributed by atoms with van der Waals surface area (Å²) < 4.78 is 21.8. The number of para-hydroxylation sites is 5. The molecule has 0 amide bonds. The Morgan fingerprint density at radius 3 is 1.56 bits per heavy atom. The Balaban J connectivity index is 0.852. The Bertz CT molecular complexity index is 4600. The number of aromatic nitrogens is 4. The number of hydrogen-bond acceptors (Lipinski definition) is 6. The van der Waals surface area contributed by atoms with Gasteiger partial charge in [-0.25, -0.2) is 15.0 Å². The van der Waals surface area contributed by atoms with E-state index in [2.05, 4.69) is 138 Å². The first-order valence-electron chi connectivity index (χ1n) is 23.4. The van der Waals surface area contributed by atoms with Crippen molar-refractivity contribution in [2.75, 3.05) is 0 Å². The highest BCUT2D eigenvalue weighted by Crippen LogP contribution is 2.42. The number of nitrogens with zero attached hydrogens (tertiary/aromatic N) is 4. The maximum Gasteiger partial charge on any atom is 0.167 e. The molecule has 5 aromatic heterocycles. The minimum absolute atomic E-state index is 0.530. The zero-order valence-electron chi connectivity index (χ0n) is 37.3. The van der Waals surface area contributed by atoms with E-state index in [0.29, 0.717) is 17.5 Å². The van der Waals surface area contributed by atoms with Crippen LogP contribution >= 0.6 is 0 Å². The smallest absolute Gasteiger partial charge is 0.167 e. The van der Waals surface area contributed by atoms with Crippen LogP contribution in [0.3, 0.4) is 0 Å². The predicted octanol–water partition coefficient (Wildman–Crippen LogP) is 17.0. The summed E-state index contributed by atoms with van der Waals surface area (Å²) in [5, 5.41) is 8.59. The van der Waals surface area contributed by atoms with E-state index in [9.17, 15) is 0 Å². The van der Waals surface area contributed by atoms with Crippen LogP contribution in [0.5, 0.6) is 0 Å². The molecule has 5 heterocycles. The van der Waals surface area contributed by atoms with Gasteiger partial charge in [-0.05, 0) is 83.4 Å². The van der Waals surface area contributed by atoms with Crippen LogP contribution in [0.15, 0.2) is 232 Å². The van der Waals surface area contributed by atoms with E-state index in [1.54, 1.807) is 0 Å². The third kappa shape index (κ3) is 5.85. The molecule has 0 fully saturated rings. The Labute approximate surface area is 399 Å². The monoisotopic (exact) mass is 896 g/mol. The Morgan fingerprint density at radius 2 is 0.800 bits per heavy atom. The lowest BCUT2D eigenvalue weighted by Crippen LogP contribution is -2.00. The van der Waals surface area contributed by atoms with Crippen molar-refractivity contribution in [2.24, 2.45) is 0 Å². The van der Waals surface area contributed by atoms with E-state index in [0.717, 1.165) is 121 Å². The van der Waals surface area contributed by atoms with Gasteiger partial charge in [-0.3, -0.25) is 0 Å². The predicted molar refractivity (Wildman–Crippen MR) is 283 cm³/mol. The quantitative estimate of drug-likeness (QED) is 0.165. The van der Waals surface area contributed by atoms with Gasteiger partial charge in [0.05, 0.1) is 16.6 Å². The molecule has 15 aromatic rings. The molecule has 0 bridgehead atoms. The summed E-state index contributed by atoms with van der Waals surface area (Å²) in [7, 11) is 0. The molecular weight excluding hydrogens is 861 g/mol. The van der Waals surface area contributed by atoms with Gasteiger partial charge in [0.15, 0.2) is 17.5 Å². The lowest BCUT2D eigenvalue weighted by atomic mass is 9.99. The number of benzene rings is 10. The minimum Gasteiger partial charge on any atom is -0.456 e. The van der Waals surface area contributed by atoms with E-state index in [1.807, 2.05) is 84.9 Å². The van der Waals surface area contributed by atoms with Gasteiger partial charge in [-0.15, -0.1) is 0 Å². The summed E-state index contributed by atoms with van der Waals surface area (Å²) in [6.45, 7) is 0. The first-order chi connectivity index (χ1) is 34.7. The molecule has 15 rings (SSSR count). The molecule has 7 nitrogen and oxygen atoms in total. The Hall–Kier alpha value is -9.59. The number of rotatable bonds is 6. The largest absolute Gasteiger partial charge is 0.456 e. The summed E-state index contributed by atoms with van der Waals surface area (Å²) in [5.41, 5.74) is 15.2. The molecular formula is C63H36N4O3. The van der Waals surface area contributed by atoms with E-state index in [4.69, 9.17) is 28.2 Å². The summed E-state index contributed by atoms with van der Waals surface area (Å²) in [6, 6.07) is 75.8. The third-order valence-corrected chi connectivity index (χ3v) is 13.9. The molecule has 0 N–H and O–H groups in total. The van der Waals surface area contributed by atoms with Gasteiger partial charge in [0.25, 0.3) is 0 Å². The topological polar surface area (TPSA) is 83.0 Å². The van der Waals surface area contributed by atoms with Crippen LogP contribution in [0, 0.1) is 0 Å². The van der Waals surface area contributed by atoms with Crippen molar-refractivity contribution in [1.82, 2.24) is 19.5 Å². The normalized spacial score (nSPS) is 12.0. The van der Waals surface area contributed by atoms with Crippen molar-refractivity contribution in [3.05, 3.63) is 218 Å². The molecule has 70 heavy (non-hydrogen) atoms. The summed E-state index contributed by atoms with van der Waals surface area (Å²) in [6.07, 6.45) is 0. The second kappa shape index (κ2) is 15.0. The molecule has 326 valence electrons. The van der Waals surface area contributed by atoms with Crippen LogP contribution in [0.2, 0.25) is 0 Å². The molecule has 0 aliphatic heterocycles. The van der Waals surface area contributed by atoms with Crippen LogP contribution in [-0.4, -0.2) is 19.5 Å². The number of hydrogen-bond donors (Lipinski definition) is 0. The van der Waals surface area contributed by atoms with Crippen molar-refractivity contribution in [3.8, 4) is 62.1 Å². The van der Waals surface area contributed by atoms with Crippen LogP contribution in [-0.2, 0) is 0 Å². The third-order valence-electron chi connectivity index (χ3n) is 13.9. The Morgan fingerprint density at radius 1 is 0.286 bits per heavy atom. The van der Waals surface area contributed by atoms with Crippen LogP contribution in [0.1, 0.15) is 0 Å². The van der Waals surface area contributed by atoms with Crippen LogP contribution in [0.4, 0.5) is 0 Å². The van der Waals surface area contributed by atoms with E-state index in [-0.39, 0.29) is 0 Å². The van der Waals surface area contributed by atoms with Crippen LogP contribution < -0.4 is 0 Å². The molecule has 0 saturated carbocycles. The Kier molecular flexibility index (Phi) is 8.23. The minimum atomic E-state index is 0.530. The van der Waals surface area contributed by atoms with Gasteiger partial charge in [0, 0.05) is 65.5 Å². The first kappa shape index (κ1) is 38.5. The maximum atomic E-state index is 6.58. The molecule has 0 aliphatic rings. The van der Waals surface area contributed by atoms with E-state index in [1.165, 1.54) is 10.8 Å². The second-order valence-corrected chi connectivity index (χ2v) is 17.9. The molecule has 0 saturated heterocycles. The molecule has 0 radical (unpaired) electrons. The molecule has 7 heteroatoms. The van der Waals surface area contributed by atoms with Crippen molar-refractivity contribution in [1.29, 1.82) is 0 Å². The lowest BCUT2D eigenvalue weighted by Gasteiger charge is -2.10. The van der Waals surface area contributed by atoms with E-state index >= 15 is 0 Å². The van der Waals surface area contributed by atoms with Gasteiger partial charge in [-0.2, -0.15) is 0 Å². The standard InChI is InChI=1S/C63H36N4O3/c1-2-13-38(14-3-1)61-64-62(66-63(65-61)49-22-11-20-47-45-17-6-9-25-55(45)70-60(47)49)48-21-12-26-57-58(48)51-36-40(30-34-56(51)68-57)39-29-33-53-50(35-39)43-15-4-7-23-52(43)67(53)41-31-27-37(28-32-41)42-18-10-19-46-44-16-5-8-24-54(44)69-59(42)46/h1-36H. The summed E-state index contributed by atoms with van der Waals surface area (Å²) in [5.74, 6) is 1.65. The SMILES string of the molecule is c1ccc(-c2nc(-c3cccc4c3oc3ccccc34)nc(-c3cccc4oc5ccc(-c6ccc7c(c6)c6ccccc6n7-c6ccc(-c7cccc8c7oc7ccccc78)cc6)cc5c34)n2)cc1. The molecule has 10 aromatic carbocycles. The highest BCUT2D eigenvalue weighted by Gasteiger charge is 2.22. The zero-order chi connectivity index (χ0) is 45.9. The zero-order valence-corrected chi connectivity index (χ0v) is 37.3. The highest BCUT2D eigenvalue weighted by atomic mass is 16.3. The second-order valence-electron chi connectivity index (χ2n) is 17.9. The van der Waals surface area contributed by atoms with Gasteiger partial charge in [-0.1, -0.05) is 152 Å². The molecule has 0 unspecified atom stereocenters.